The van der Waals surface area contributed by atoms with Crippen molar-refractivity contribution in [3.63, 3.8) is 0 Å². The molecular formula is C27H34N4O3S. The minimum Gasteiger partial charge on any atom is -0.444 e. The molecule has 1 aliphatic rings. The van der Waals surface area contributed by atoms with E-state index in [9.17, 15) is 9.59 Å². The van der Waals surface area contributed by atoms with E-state index in [1.54, 1.807) is 9.58 Å². The number of amides is 2. The summed E-state index contributed by atoms with van der Waals surface area (Å²) in [5.74, 6) is 0.469. The molecule has 2 amide bonds. The Morgan fingerprint density at radius 1 is 1.09 bits per heavy atom. The van der Waals surface area contributed by atoms with E-state index in [2.05, 4.69) is 26.1 Å². The molecule has 0 atom stereocenters. The fraction of sp³-hybridized carbons (Fsp3) is 0.444. The van der Waals surface area contributed by atoms with E-state index in [0.717, 1.165) is 27.4 Å². The maximum absolute atomic E-state index is 13.4. The summed E-state index contributed by atoms with van der Waals surface area (Å²) in [5, 5.41) is 9.79. The van der Waals surface area contributed by atoms with Crippen LogP contribution >= 0.6 is 11.3 Å². The van der Waals surface area contributed by atoms with Gasteiger partial charge in [-0.15, -0.1) is 11.3 Å². The molecule has 0 bridgehead atoms. The SMILES string of the molecule is Cc1ccc(-n2nc(C(C)(C)C)cc2NC(=O)c2csc3c2CCN(C(=O)OC(C)(C)C)C3)cc1. The molecule has 3 aromatic rings. The van der Waals surface area contributed by atoms with Gasteiger partial charge < -0.3 is 15.0 Å². The molecule has 0 spiro atoms. The molecule has 8 heteroatoms. The third kappa shape index (κ3) is 5.59. The van der Waals surface area contributed by atoms with Gasteiger partial charge in [0.15, 0.2) is 0 Å². The number of carbonyl (C=O) groups excluding carboxylic acids is 2. The molecule has 186 valence electrons. The van der Waals surface area contributed by atoms with Crippen LogP contribution in [0.1, 0.15) is 73.6 Å². The van der Waals surface area contributed by atoms with Gasteiger partial charge in [-0.3, -0.25) is 4.79 Å². The van der Waals surface area contributed by atoms with E-state index < -0.39 is 5.60 Å². The Morgan fingerprint density at radius 3 is 2.40 bits per heavy atom. The minimum atomic E-state index is -0.538. The van der Waals surface area contributed by atoms with Crippen LogP contribution in [0.4, 0.5) is 10.6 Å². The lowest BCUT2D eigenvalue weighted by Crippen LogP contribution is -2.39. The Labute approximate surface area is 211 Å². The average molecular weight is 495 g/mol. The zero-order chi connectivity index (χ0) is 25.5. The van der Waals surface area contributed by atoms with E-state index in [1.807, 2.05) is 63.4 Å². The monoisotopic (exact) mass is 494 g/mol. The van der Waals surface area contributed by atoms with E-state index in [4.69, 9.17) is 9.84 Å². The molecule has 2 aromatic heterocycles. The van der Waals surface area contributed by atoms with Crippen LogP contribution in [0.15, 0.2) is 35.7 Å². The largest absolute Gasteiger partial charge is 0.444 e. The molecule has 0 unspecified atom stereocenters. The first-order valence-electron chi connectivity index (χ1n) is 11.9. The number of fused-ring (bicyclic) bond motifs is 1. The van der Waals surface area contributed by atoms with E-state index in [0.29, 0.717) is 30.9 Å². The topological polar surface area (TPSA) is 76.5 Å². The number of nitrogens with one attached hydrogen (secondary N) is 1. The van der Waals surface area contributed by atoms with Crippen molar-refractivity contribution in [3.8, 4) is 5.69 Å². The van der Waals surface area contributed by atoms with Crippen molar-refractivity contribution in [3.05, 3.63) is 63.0 Å². The van der Waals surface area contributed by atoms with Gasteiger partial charge in [0.2, 0.25) is 0 Å². The summed E-state index contributed by atoms with van der Waals surface area (Å²) in [4.78, 5) is 28.6. The number of hydrogen-bond donors (Lipinski definition) is 1. The number of rotatable bonds is 3. The Hall–Kier alpha value is -3.13. The highest BCUT2D eigenvalue weighted by Crippen LogP contribution is 2.31. The van der Waals surface area contributed by atoms with Crippen molar-refractivity contribution in [2.45, 2.75) is 72.4 Å². The Morgan fingerprint density at radius 2 is 1.77 bits per heavy atom. The third-order valence-electron chi connectivity index (χ3n) is 5.84. The zero-order valence-electron chi connectivity index (χ0n) is 21.6. The maximum Gasteiger partial charge on any atom is 0.410 e. The van der Waals surface area contributed by atoms with Crippen LogP contribution < -0.4 is 5.32 Å². The fourth-order valence-electron chi connectivity index (χ4n) is 3.90. The van der Waals surface area contributed by atoms with Crippen molar-refractivity contribution in [1.29, 1.82) is 0 Å². The number of anilines is 1. The maximum atomic E-state index is 13.4. The van der Waals surface area contributed by atoms with Gasteiger partial charge in [0.1, 0.15) is 11.4 Å². The summed E-state index contributed by atoms with van der Waals surface area (Å²) >= 11 is 1.51. The van der Waals surface area contributed by atoms with Crippen LogP contribution in [0, 0.1) is 6.92 Å². The standard InChI is InChI=1S/C27H34N4O3S/c1-17-8-10-18(11-9-17)31-23(14-22(29-31)26(2,3)4)28-24(32)20-16-35-21-15-30(13-12-19(20)21)25(33)34-27(5,6)7/h8-11,14,16H,12-13,15H2,1-7H3,(H,28,32). The predicted octanol–water partition coefficient (Wildman–Crippen LogP) is 6.09. The number of carbonyl (C=O) groups is 2. The number of aryl methyl sites for hydroxylation is 1. The molecule has 0 saturated carbocycles. The Balaban J connectivity index is 1.57. The van der Waals surface area contributed by atoms with E-state index >= 15 is 0 Å². The van der Waals surface area contributed by atoms with Crippen LogP contribution in [-0.4, -0.2) is 38.8 Å². The van der Waals surface area contributed by atoms with Gasteiger partial charge in [0.05, 0.1) is 23.5 Å². The van der Waals surface area contributed by atoms with Crippen LogP contribution in [0.25, 0.3) is 5.69 Å². The summed E-state index contributed by atoms with van der Waals surface area (Å²) in [6.45, 7) is 14.9. The molecule has 1 N–H and O–H groups in total. The fourth-order valence-corrected chi connectivity index (χ4v) is 5.00. The second-order valence-corrected chi connectivity index (χ2v) is 12.0. The molecule has 0 fully saturated rings. The van der Waals surface area contributed by atoms with Gasteiger partial charge in [-0.05, 0) is 51.8 Å². The van der Waals surface area contributed by atoms with Crippen molar-refractivity contribution >= 4 is 29.2 Å². The summed E-state index contributed by atoms with van der Waals surface area (Å²) in [6.07, 6.45) is 0.296. The summed E-state index contributed by atoms with van der Waals surface area (Å²) in [7, 11) is 0. The van der Waals surface area contributed by atoms with Crippen LogP contribution in [0.2, 0.25) is 0 Å². The molecule has 0 radical (unpaired) electrons. The predicted molar refractivity (Wildman–Crippen MR) is 140 cm³/mol. The molecule has 3 heterocycles. The van der Waals surface area contributed by atoms with E-state index in [-0.39, 0.29) is 17.4 Å². The van der Waals surface area contributed by atoms with Gasteiger partial charge in [-0.25, -0.2) is 9.48 Å². The van der Waals surface area contributed by atoms with Crippen molar-refractivity contribution in [2.75, 3.05) is 11.9 Å². The number of benzene rings is 1. The first-order chi connectivity index (χ1) is 16.3. The minimum absolute atomic E-state index is 0.165. The molecular weight excluding hydrogens is 460 g/mol. The number of nitrogens with zero attached hydrogens (tertiary/aromatic N) is 3. The molecule has 1 aromatic carbocycles. The normalized spacial score (nSPS) is 14.0. The molecule has 4 rings (SSSR count). The number of ether oxygens (including phenoxy) is 1. The Kier molecular flexibility index (Phi) is 6.53. The number of hydrogen-bond acceptors (Lipinski definition) is 5. The van der Waals surface area contributed by atoms with Gasteiger partial charge in [-0.1, -0.05) is 38.5 Å². The van der Waals surface area contributed by atoms with Gasteiger partial charge in [0.25, 0.3) is 5.91 Å². The van der Waals surface area contributed by atoms with Gasteiger partial charge in [-0.2, -0.15) is 5.10 Å². The van der Waals surface area contributed by atoms with Crippen molar-refractivity contribution < 1.29 is 14.3 Å². The van der Waals surface area contributed by atoms with Crippen LogP contribution in [0.3, 0.4) is 0 Å². The highest BCUT2D eigenvalue weighted by atomic mass is 32.1. The first kappa shape index (κ1) is 25.0. The lowest BCUT2D eigenvalue weighted by molar-refractivity contribution is 0.0226. The lowest BCUT2D eigenvalue weighted by Gasteiger charge is -2.30. The average Bonchev–Trinajstić information content (AvgIpc) is 3.37. The highest BCUT2D eigenvalue weighted by Gasteiger charge is 2.30. The molecule has 35 heavy (non-hydrogen) atoms. The molecule has 1 aliphatic heterocycles. The zero-order valence-corrected chi connectivity index (χ0v) is 22.4. The van der Waals surface area contributed by atoms with Crippen molar-refractivity contribution in [2.24, 2.45) is 0 Å². The third-order valence-corrected chi connectivity index (χ3v) is 6.85. The lowest BCUT2D eigenvalue weighted by atomic mass is 9.92. The first-order valence-corrected chi connectivity index (χ1v) is 12.8. The van der Waals surface area contributed by atoms with Gasteiger partial charge >= 0.3 is 6.09 Å². The summed E-state index contributed by atoms with van der Waals surface area (Å²) in [6, 6.07) is 10.0. The summed E-state index contributed by atoms with van der Waals surface area (Å²) < 4.78 is 7.31. The smallest absolute Gasteiger partial charge is 0.410 e. The van der Waals surface area contributed by atoms with E-state index in [1.165, 1.54) is 11.3 Å². The quantitative estimate of drug-likeness (QED) is 0.478. The molecule has 0 saturated heterocycles. The second-order valence-electron chi connectivity index (χ2n) is 11.1. The highest BCUT2D eigenvalue weighted by molar-refractivity contribution is 7.10. The summed E-state index contributed by atoms with van der Waals surface area (Å²) in [5.41, 5.74) is 3.91. The second kappa shape index (κ2) is 9.15. The van der Waals surface area contributed by atoms with Crippen molar-refractivity contribution in [1.82, 2.24) is 14.7 Å². The number of aromatic nitrogens is 2. The number of thiophene rings is 1. The molecule has 7 nitrogen and oxygen atoms in total. The van der Waals surface area contributed by atoms with Crippen LogP contribution in [-0.2, 0) is 23.1 Å². The molecule has 0 aliphatic carbocycles. The van der Waals surface area contributed by atoms with Gasteiger partial charge in [0, 0.05) is 28.3 Å². The van der Waals surface area contributed by atoms with Crippen LogP contribution in [0.5, 0.6) is 0 Å². The Bertz CT molecular complexity index is 1240.